The van der Waals surface area contributed by atoms with Crippen molar-refractivity contribution in [2.24, 2.45) is 5.84 Å². The van der Waals surface area contributed by atoms with Crippen molar-refractivity contribution in [3.63, 3.8) is 0 Å². The Balaban J connectivity index is 2.01. The Morgan fingerprint density at radius 3 is 2.90 bits per heavy atom. The lowest BCUT2D eigenvalue weighted by Crippen LogP contribution is -2.33. The fraction of sp³-hybridized carbons (Fsp3) is 0.538. The molecule has 1 amide bonds. The van der Waals surface area contributed by atoms with Crippen molar-refractivity contribution in [3.8, 4) is 0 Å². The van der Waals surface area contributed by atoms with Gasteiger partial charge >= 0.3 is 0 Å². The maximum absolute atomic E-state index is 11.4. The summed E-state index contributed by atoms with van der Waals surface area (Å²) in [4.78, 5) is 19.9. The molecule has 20 heavy (non-hydrogen) atoms. The molecular weight excluding hydrogens is 278 g/mol. The number of rotatable bonds is 3. The van der Waals surface area contributed by atoms with E-state index in [0.717, 1.165) is 38.3 Å². The van der Waals surface area contributed by atoms with Gasteiger partial charge in [0, 0.05) is 39.6 Å². The van der Waals surface area contributed by atoms with Gasteiger partial charge in [0.05, 0.1) is 10.7 Å². The van der Waals surface area contributed by atoms with Crippen molar-refractivity contribution in [2.45, 2.75) is 19.9 Å². The summed E-state index contributed by atoms with van der Waals surface area (Å²) < 4.78 is 0. The van der Waals surface area contributed by atoms with Crippen molar-refractivity contribution >= 4 is 23.3 Å². The van der Waals surface area contributed by atoms with Gasteiger partial charge in [-0.05, 0) is 18.6 Å². The number of nitrogens with one attached hydrogen (secondary N) is 1. The number of nitrogens with two attached hydrogens (primary N) is 1. The van der Waals surface area contributed by atoms with Crippen molar-refractivity contribution < 1.29 is 4.79 Å². The Morgan fingerprint density at radius 1 is 1.40 bits per heavy atom. The first-order chi connectivity index (χ1) is 9.60. The summed E-state index contributed by atoms with van der Waals surface area (Å²) in [5, 5.41) is 0.636. The predicted molar refractivity (Wildman–Crippen MR) is 79.2 cm³/mol. The smallest absolute Gasteiger partial charge is 0.219 e. The van der Waals surface area contributed by atoms with Crippen LogP contribution in [0.3, 0.4) is 0 Å². The van der Waals surface area contributed by atoms with E-state index in [4.69, 9.17) is 17.4 Å². The van der Waals surface area contributed by atoms with Gasteiger partial charge in [-0.3, -0.25) is 9.69 Å². The summed E-state index contributed by atoms with van der Waals surface area (Å²) in [7, 11) is 0. The molecule has 1 aromatic rings. The number of nitrogen functional groups attached to an aromatic ring is 1. The van der Waals surface area contributed by atoms with Gasteiger partial charge in [0.15, 0.2) is 0 Å². The van der Waals surface area contributed by atoms with Crippen molar-refractivity contribution in [1.29, 1.82) is 0 Å². The van der Waals surface area contributed by atoms with Crippen LogP contribution < -0.4 is 11.3 Å². The summed E-state index contributed by atoms with van der Waals surface area (Å²) in [6, 6.07) is 3.53. The number of anilines is 1. The molecule has 0 radical (unpaired) electrons. The van der Waals surface area contributed by atoms with Crippen LogP contribution in [0, 0.1) is 0 Å². The van der Waals surface area contributed by atoms with E-state index in [9.17, 15) is 4.79 Å². The molecule has 2 heterocycles. The topological polar surface area (TPSA) is 74.5 Å². The predicted octanol–water partition coefficient (Wildman–Crippen LogP) is 1.07. The quantitative estimate of drug-likeness (QED) is 0.645. The monoisotopic (exact) mass is 297 g/mol. The second-order valence-corrected chi connectivity index (χ2v) is 5.31. The summed E-state index contributed by atoms with van der Waals surface area (Å²) in [5.41, 5.74) is 3.33. The van der Waals surface area contributed by atoms with Crippen LogP contribution in [-0.4, -0.2) is 46.9 Å². The Bertz CT molecular complexity index is 482. The van der Waals surface area contributed by atoms with Gasteiger partial charge in [0.2, 0.25) is 5.91 Å². The van der Waals surface area contributed by atoms with Crippen molar-refractivity contribution in [2.75, 3.05) is 31.6 Å². The molecule has 110 valence electrons. The lowest BCUT2D eigenvalue weighted by atomic mass is 10.3. The average Bonchev–Trinajstić information content (AvgIpc) is 2.67. The van der Waals surface area contributed by atoms with Gasteiger partial charge in [-0.15, -0.1) is 0 Å². The molecule has 0 saturated carbocycles. The Kier molecular flexibility index (Phi) is 5.17. The Morgan fingerprint density at radius 2 is 2.20 bits per heavy atom. The zero-order valence-corrected chi connectivity index (χ0v) is 12.4. The van der Waals surface area contributed by atoms with Crippen LogP contribution in [0.1, 0.15) is 19.0 Å². The van der Waals surface area contributed by atoms with E-state index in [-0.39, 0.29) is 5.91 Å². The number of carbonyl (C=O) groups is 1. The molecule has 1 fully saturated rings. The SMILES string of the molecule is CC(=O)N1CCCN(Cc2nc(NN)ccc2Cl)CC1. The number of carbonyl (C=O) groups excluding carboxylic acids is 1. The first-order valence-electron chi connectivity index (χ1n) is 6.70. The minimum atomic E-state index is 0.136. The second-order valence-electron chi connectivity index (χ2n) is 4.91. The highest BCUT2D eigenvalue weighted by atomic mass is 35.5. The fourth-order valence-corrected chi connectivity index (χ4v) is 2.50. The lowest BCUT2D eigenvalue weighted by molar-refractivity contribution is -0.128. The summed E-state index contributed by atoms with van der Waals surface area (Å²) in [5.74, 6) is 6.10. The highest BCUT2D eigenvalue weighted by molar-refractivity contribution is 6.31. The summed E-state index contributed by atoms with van der Waals surface area (Å²) in [6.07, 6.45) is 0.964. The maximum atomic E-state index is 11.4. The van der Waals surface area contributed by atoms with Crippen LogP contribution in [0.4, 0.5) is 5.82 Å². The van der Waals surface area contributed by atoms with Gasteiger partial charge in [0.1, 0.15) is 5.82 Å². The molecule has 2 rings (SSSR count). The molecule has 0 aromatic carbocycles. The van der Waals surface area contributed by atoms with Gasteiger partial charge in [-0.25, -0.2) is 10.8 Å². The minimum Gasteiger partial charge on any atom is -0.342 e. The summed E-state index contributed by atoms with van der Waals surface area (Å²) in [6.45, 7) is 5.61. The third-order valence-corrected chi connectivity index (χ3v) is 3.82. The molecule has 1 aliphatic rings. The van der Waals surface area contributed by atoms with Crippen molar-refractivity contribution in [3.05, 3.63) is 22.8 Å². The molecule has 6 nitrogen and oxygen atoms in total. The van der Waals surface area contributed by atoms with Gasteiger partial charge in [-0.2, -0.15) is 0 Å². The molecule has 3 N–H and O–H groups in total. The summed E-state index contributed by atoms with van der Waals surface area (Å²) >= 11 is 6.17. The molecule has 1 aromatic heterocycles. The molecule has 0 atom stereocenters. The first-order valence-corrected chi connectivity index (χ1v) is 7.08. The van der Waals surface area contributed by atoms with Crippen LogP contribution in [0.25, 0.3) is 0 Å². The van der Waals surface area contributed by atoms with E-state index in [1.807, 2.05) is 4.90 Å². The van der Waals surface area contributed by atoms with Gasteiger partial charge in [0.25, 0.3) is 0 Å². The molecule has 7 heteroatoms. The van der Waals surface area contributed by atoms with Gasteiger partial charge in [-0.1, -0.05) is 11.6 Å². The van der Waals surface area contributed by atoms with E-state index in [1.54, 1.807) is 19.1 Å². The molecule has 0 aliphatic carbocycles. The average molecular weight is 298 g/mol. The zero-order valence-electron chi connectivity index (χ0n) is 11.6. The van der Waals surface area contributed by atoms with Crippen LogP contribution >= 0.6 is 11.6 Å². The van der Waals surface area contributed by atoms with Gasteiger partial charge < -0.3 is 10.3 Å². The number of nitrogens with zero attached hydrogens (tertiary/aromatic N) is 3. The molecule has 1 saturated heterocycles. The number of amides is 1. The Hall–Kier alpha value is -1.37. The number of hydrogen-bond acceptors (Lipinski definition) is 5. The van der Waals surface area contributed by atoms with Crippen molar-refractivity contribution in [1.82, 2.24) is 14.8 Å². The number of hydrazine groups is 1. The molecule has 0 bridgehead atoms. The fourth-order valence-electron chi connectivity index (χ4n) is 2.33. The molecule has 1 aliphatic heterocycles. The normalized spacial score (nSPS) is 16.9. The van der Waals surface area contributed by atoms with E-state index in [0.29, 0.717) is 17.4 Å². The van der Waals surface area contributed by atoms with Crippen LogP contribution in [0.15, 0.2) is 12.1 Å². The largest absolute Gasteiger partial charge is 0.342 e. The highest BCUT2D eigenvalue weighted by Gasteiger charge is 2.17. The number of hydrogen-bond donors (Lipinski definition) is 2. The molecule has 0 spiro atoms. The Labute approximate surface area is 123 Å². The third kappa shape index (κ3) is 3.82. The van der Waals surface area contributed by atoms with Crippen LogP contribution in [-0.2, 0) is 11.3 Å². The second kappa shape index (κ2) is 6.88. The highest BCUT2D eigenvalue weighted by Crippen LogP contribution is 2.18. The number of aromatic nitrogens is 1. The number of pyridine rings is 1. The standard InChI is InChI=1S/C13H20ClN5O/c1-10(20)19-6-2-5-18(7-8-19)9-12-11(14)3-4-13(16-12)17-15/h3-4H,2,5-9,15H2,1H3,(H,16,17). The lowest BCUT2D eigenvalue weighted by Gasteiger charge is -2.21. The molecular formula is C13H20ClN5O. The van der Waals surface area contributed by atoms with Crippen LogP contribution in [0.5, 0.6) is 0 Å². The van der Waals surface area contributed by atoms with E-state index in [2.05, 4.69) is 15.3 Å². The first kappa shape index (κ1) is 15.0. The van der Waals surface area contributed by atoms with E-state index >= 15 is 0 Å². The van der Waals surface area contributed by atoms with Crippen LogP contribution in [0.2, 0.25) is 5.02 Å². The minimum absolute atomic E-state index is 0.136. The molecule has 0 unspecified atom stereocenters. The zero-order chi connectivity index (χ0) is 14.5. The van der Waals surface area contributed by atoms with E-state index in [1.165, 1.54) is 0 Å². The number of halogens is 1. The third-order valence-electron chi connectivity index (χ3n) is 3.47. The maximum Gasteiger partial charge on any atom is 0.219 e. The van der Waals surface area contributed by atoms with E-state index < -0.39 is 0 Å².